The van der Waals surface area contributed by atoms with Crippen molar-refractivity contribution in [3.8, 4) is 0 Å². The Bertz CT molecular complexity index is 275. The lowest BCUT2D eigenvalue weighted by Crippen LogP contribution is -2.27. The molecule has 0 saturated carbocycles. The SMILES string of the molecule is CCC(C)CN(CC)c1nc(Cl)cs1. The van der Waals surface area contributed by atoms with Crippen LogP contribution in [0.25, 0.3) is 0 Å². The van der Waals surface area contributed by atoms with Crippen molar-refractivity contribution in [1.82, 2.24) is 4.98 Å². The van der Waals surface area contributed by atoms with Crippen LogP contribution in [0.3, 0.4) is 0 Å². The smallest absolute Gasteiger partial charge is 0.186 e. The van der Waals surface area contributed by atoms with Crippen LogP contribution in [0.1, 0.15) is 27.2 Å². The Morgan fingerprint density at radius 3 is 2.71 bits per heavy atom. The minimum Gasteiger partial charge on any atom is -0.348 e. The highest BCUT2D eigenvalue weighted by Crippen LogP contribution is 2.24. The molecule has 0 aliphatic carbocycles. The van der Waals surface area contributed by atoms with Crippen molar-refractivity contribution < 1.29 is 0 Å². The van der Waals surface area contributed by atoms with Crippen LogP contribution in [-0.2, 0) is 0 Å². The zero-order valence-electron chi connectivity index (χ0n) is 8.96. The van der Waals surface area contributed by atoms with E-state index in [9.17, 15) is 0 Å². The van der Waals surface area contributed by atoms with Crippen LogP contribution >= 0.6 is 22.9 Å². The van der Waals surface area contributed by atoms with Crippen molar-refractivity contribution in [2.24, 2.45) is 5.92 Å². The number of nitrogens with zero attached hydrogens (tertiary/aromatic N) is 2. The van der Waals surface area contributed by atoms with E-state index in [1.807, 2.05) is 5.38 Å². The Hall–Kier alpha value is -0.280. The van der Waals surface area contributed by atoms with E-state index in [0.29, 0.717) is 11.1 Å². The molecule has 0 aliphatic rings. The minimum atomic E-state index is 0.604. The molecule has 1 heterocycles. The Morgan fingerprint density at radius 1 is 1.57 bits per heavy atom. The predicted octanol–water partition coefficient (Wildman–Crippen LogP) is 3.67. The molecule has 0 bridgehead atoms. The maximum atomic E-state index is 5.80. The number of aromatic nitrogens is 1. The lowest BCUT2D eigenvalue weighted by molar-refractivity contribution is 0.547. The van der Waals surface area contributed by atoms with Crippen molar-refractivity contribution in [1.29, 1.82) is 0 Å². The first kappa shape index (κ1) is 11.8. The number of halogens is 1. The third-order valence-electron chi connectivity index (χ3n) is 2.35. The van der Waals surface area contributed by atoms with E-state index >= 15 is 0 Å². The first-order valence-electron chi connectivity index (χ1n) is 5.03. The van der Waals surface area contributed by atoms with Crippen LogP contribution in [0.4, 0.5) is 5.13 Å². The molecule has 14 heavy (non-hydrogen) atoms. The minimum absolute atomic E-state index is 0.604. The van der Waals surface area contributed by atoms with Gasteiger partial charge in [-0.3, -0.25) is 0 Å². The highest BCUT2D eigenvalue weighted by atomic mass is 35.5. The summed E-state index contributed by atoms with van der Waals surface area (Å²) in [5.41, 5.74) is 0. The summed E-state index contributed by atoms with van der Waals surface area (Å²) < 4.78 is 0. The molecule has 1 aromatic rings. The van der Waals surface area contributed by atoms with Crippen LogP contribution in [0.5, 0.6) is 0 Å². The average Bonchev–Trinajstić information content (AvgIpc) is 2.60. The monoisotopic (exact) mass is 232 g/mol. The van der Waals surface area contributed by atoms with Crippen molar-refractivity contribution in [3.05, 3.63) is 10.5 Å². The molecular formula is C10H17ClN2S. The fourth-order valence-corrected chi connectivity index (χ4v) is 2.26. The second kappa shape index (κ2) is 5.56. The van der Waals surface area contributed by atoms with Gasteiger partial charge in [-0.2, -0.15) is 0 Å². The van der Waals surface area contributed by atoms with Gasteiger partial charge in [0.15, 0.2) is 5.13 Å². The van der Waals surface area contributed by atoms with Gasteiger partial charge in [-0.15, -0.1) is 11.3 Å². The molecule has 0 aromatic carbocycles. The number of thiazole rings is 1. The molecule has 2 nitrogen and oxygen atoms in total. The maximum absolute atomic E-state index is 5.80. The van der Waals surface area contributed by atoms with Crippen molar-refractivity contribution in [2.45, 2.75) is 27.2 Å². The van der Waals surface area contributed by atoms with Crippen LogP contribution < -0.4 is 4.90 Å². The Kier molecular flexibility index (Phi) is 4.69. The summed E-state index contributed by atoms with van der Waals surface area (Å²) >= 11 is 7.42. The molecule has 0 N–H and O–H groups in total. The second-order valence-electron chi connectivity index (χ2n) is 3.50. The fraction of sp³-hybridized carbons (Fsp3) is 0.700. The molecule has 0 aliphatic heterocycles. The first-order chi connectivity index (χ1) is 6.67. The highest BCUT2D eigenvalue weighted by Gasteiger charge is 2.11. The van der Waals surface area contributed by atoms with Crippen LogP contribution in [-0.4, -0.2) is 18.1 Å². The van der Waals surface area contributed by atoms with Gasteiger partial charge in [-0.05, 0) is 12.8 Å². The fourth-order valence-electron chi connectivity index (χ4n) is 1.24. The van der Waals surface area contributed by atoms with Crippen molar-refractivity contribution >= 4 is 28.1 Å². The summed E-state index contributed by atoms with van der Waals surface area (Å²) in [5.74, 6) is 0.706. The molecule has 0 saturated heterocycles. The normalized spacial score (nSPS) is 12.9. The van der Waals surface area contributed by atoms with Crippen LogP contribution in [0.2, 0.25) is 5.15 Å². The molecule has 0 fully saturated rings. The molecule has 4 heteroatoms. The van der Waals surface area contributed by atoms with Gasteiger partial charge in [0.1, 0.15) is 5.15 Å². The zero-order chi connectivity index (χ0) is 10.6. The van der Waals surface area contributed by atoms with E-state index in [1.54, 1.807) is 11.3 Å². The van der Waals surface area contributed by atoms with E-state index in [0.717, 1.165) is 18.2 Å². The summed E-state index contributed by atoms with van der Waals surface area (Å²) in [6, 6.07) is 0. The third-order valence-corrected chi connectivity index (χ3v) is 3.57. The lowest BCUT2D eigenvalue weighted by Gasteiger charge is -2.22. The Labute approximate surface area is 94.9 Å². The first-order valence-corrected chi connectivity index (χ1v) is 6.29. The summed E-state index contributed by atoms with van der Waals surface area (Å²) in [7, 11) is 0. The van der Waals surface area contributed by atoms with Gasteiger partial charge in [0.2, 0.25) is 0 Å². The topological polar surface area (TPSA) is 16.1 Å². The van der Waals surface area contributed by atoms with Gasteiger partial charge in [0.25, 0.3) is 0 Å². The molecule has 1 rings (SSSR count). The molecule has 80 valence electrons. The second-order valence-corrected chi connectivity index (χ2v) is 4.73. The lowest BCUT2D eigenvalue weighted by atomic mass is 10.1. The van der Waals surface area contributed by atoms with E-state index < -0.39 is 0 Å². The van der Waals surface area contributed by atoms with E-state index in [1.165, 1.54) is 6.42 Å². The molecule has 1 unspecified atom stereocenters. The molecule has 1 aromatic heterocycles. The van der Waals surface area contributed by atoms with Gasteiger partial charge in [0.05, 0.1) is 0 Å². The molecule has 0 radical (unpaired) electrons. The van der Waals surface area contributed by atoms with Gasteiger partial charge in [-0.25, -0.2) is 4.98 Å². The van der Waals surface area contributed by atoms with E-state index in [2.05, 4.69) is 30.7 Å². The third kappa shape index (κ3) is 3.14. The number of rotatable bonds is 5. The van der Waals surface area contributed by atoms with Crippen LogP contribution in [0.15, 0.2) is 5.38 Å². The number of hydrogen-bond acceptors (Lipinski definition) is 3. The summed E-state index contributed by atoms with van der Waals surface area (Å²) in [6.45, 7) is 8.69. The largest absolute Gasteiger partial charge is 0.348 e. The van der Waals surface area contributed by atoms with Crippen LogP contribution in [0, 0.1) is 5.92 Å². The highest BCUT2D eigenvalue weighted by molar-refractivity contribution is 7.14. The molecule has 0 amide bonds. The van der Waals surface area contributed by atoms with Gasteiger partial charge < -0.3 is 4.90 Å². The molecule has 1 atom stereocenters. The van der Waals surface area contributed by atoms with E-state index in [4.69, 9.17) is 11.6 Å². The summed E-state index contributed by atoms with van der Waals surface area (Å²) in [6.07, 6.45) is 1.20. The summed E-state index contributed by atoms with van der Waals surface area (Å²) in [4.78, 5) is 6.56. The number of anilines is 1. The maximum Gasteiger partial charge on any atom is 0.186 e. The average molecular weight is 233 g/mol. The van der Waals surface area contributed by atoms with Gasteiger partial charge >= 0.3 is 0 Å². The predicted molar refractivity (Wildman–Crippen MR) is 64.5 cm³/mol. The standard InChI is InChI=1S/C10H17ClN2S/c1-4-8(3)6-13(5-2)10-12-9(11)7-14-10/h7-8H,4-6H2,1-3H3. The quantitative estimate of drug-likeness (QED) is 0.770. The molecule has 0 spiro atoms. The summed E-state index contributed by atoms with van der Waals surface area (Å²) in [5, 5.41) is 3.53. The van der Waals surface area contributed by atoms with Crippen molar-refractivity contribution in [2.75, 3.05) is 18.0 Å². The molecular weight excluding hydrogens is 216 g/mol. The Balaban J connectivity index is 2.62. The Morgan fingerprint density at radius 2 is 2.29 bits per heavy atom. The van der Waals surface area contributed by atoms with Gasteiger partial charge in [0, 0.05) is 18.5 Å². The zero-order valence-corrected chi connectivity index (χ0v) is 10.5. The number of hydrogen-bond donors (Lipinski definition) is 0. The van der Waals surface area contributed by atoms with Gasteiger partial charge in [-0.1, -0.05) is 31.9 Å². The van der Waals surface area contributed by atoms with Crippen molar-refractivity contribution in [3.63, 3.8) is 0 Å². The van der Waals surface area contributed by atoms with E-state index in [-0.39, 0.29) is 0 Å².